The molecule has 0 aromatic rings. The summed E-state index contributed by atoms with van der Waals surface area (Å²) in [7, 11) is 0. The lowest BCUT2D eigenvalue weighted by atomic mass is 10.6. The average Bonchev–Trinajstić information content (AvgIpc) is 2.61. The van der Waals surface area contributed by atoms with Gasteiger partial charge in [0.1, 0.15) is 6.54 Å². The predicted molar refractivity (Wildman–Crippen MR) is 50.9 cm³/mol. The zero-order chi connectivity index (χ0) is 11.3. The molecule has 6 nitrogen and oxygen atoms in total. The van der Waals surface area contributed by atoms with Gasteiger partial charge in [0.05, 0.1) is 6.61 Å². The summed E-state index contributed by atoms with van der Waals surface area (Å²) in [5, 5.41) is 2.29. The highest BCUT2D eigenvalue weighted by molar-refractivity contribution is 6.02. The summed E-state index contributed by atoms with van der Waals surface area (Å²) < 4.78 is 4.61. The van der Waals surface area contributed by atoms with Crippen LogP contribution in [0.1, 0.15) is 6.92 Å². The predicted octanol–water partition coefficient (Wildman–Crippen LogP) is -0.343. The third kappa shape index (κ3) is 3.08. The van der Waals surface area contributed by atoms with Gasteiger partial charge in [-0.2, -0.15) is 0 Å². The first-order valence-electron chi connectivity index (χ1n) is 4.56. The maximum absolute atomic E-state index is 11.3. The van der Waals surface area contributed by atoms with Gasteiger partial charge in [-0.1, -0.05) is 6.08 Å². The second-order valence-electron chi connectivity index (χ2n) is 2.81. The molecule has 82 valence electrons. The normalized spacial score (nSPS) is 14.2. The van der Waals surface area contributed by atoms with Crippen molar-refractivity contribution in [1.82, 2.24) is 10.2 Å². The number of rotatable bonds is 3. The number of urea groups is 1. The van der Waals surface area contributed by atoms with Crippen molar-refractivity contribution in [2.75, 3.05) is 19.7 Å². The van der Waals surface area contributed by atoms with Crippen LogP contribution in [0.5, 0.6) is 0 Å². The first-order valence-corrected chi connectivity index (χ1v) is 4.56. The van der Waals surface area contributed by atoms with Crippen LogP contribution in [0.25, 0.3) is 0 Å². The molecule has 0 aromatic carbocycles. The van der Waals surface area contributed by atoms with Crippen LogP contribution >= 0.6 is 0 Å². The van der Waals surface area contributed by atoms with Crippen LogP contribution in [0.4, 0.5) is 4.79 Å². The quantitative estimate of drug-likeness (QED) is 0.649. The Morgan fingerprint density at radius 3 is 2.87 bits per heavy atom. The van der Waals surface area contributed by atoms with Gasteiger partial charge >= 0.3 is 12.0 Å². The van der Waals surface area contributed by atoms with E-state index in [2.05, 4.69) is 10.1 Å². The highest BCUT2D eigenvalue weighted by atomic mass is 16.5. The fourth-order valence-electron chi connectivity index (χ4n) is 1.08. The number of hydrogen-bond acceptors (Lipinski definition) is 4. The number of carbonyl (C=O) groups excluding carboxylic acids is 3. The summed E-state index contributed by atoms with van der Waals surface area (Å²) in [6, 6.07) is -0.585. The Hall–Kier alpha value is -1.85. The monoisotopic (exact) mass is 212 g/mol. The molecule has 1 heterocycles. The Morgan fingerprint density at radius 1 is 1.60 bits per heavy atom. The van der Waals surface area contributed by atoms with Crippen molar-refractivity contribution in [3.8, 4) is 0 Å². The first kappa shape index (κ1) is 11.2. The van der Waals surface area contributed by atoms with Crippen molar-refractivity contribution in [3.63, 3.8) is 0 Å². The van der Waals surface area contributed by atoms with Crippen LogP contribution in [0.3, 0.4) is 0 Å². The molecule has 1 rings (SSSR count). The zero-order valence-corrected chi connectivity index (χ0v) is 8.36. The second kappa shape index (κ2) is 5.14. The minimum atomic E-state index is -0.585. The van der Waals surface area contributed by atoms with E-state index in [9.17, 15) is 14.4 Å². The van der Waals surface area contributed by atoms with Gasteiger partial charge in [-0.15, -0.1) is 0 Å². The van der Waals surface area contributed by atoms with E-state index in [1.54, 1.807) is 13.0 Å². The van der Waals surface area contributed by atoms with Crippen molar-refractivity contribution in [2.24, 2.45) is 0 Å². The van der Waals surface area contributed by atoms with Crippen molar-refractivity contribution in [1.29, 1.82) is 0 Å². The Labute approximate surface area is 86.9 Å². The van der Waals surface area contributed by atoms with Gasteiger partial charge in [0.2, 0.25) is 0 Å². The zero-order valence-electron chi connectivity index (χ0n) is 8.36. The Balaban J connectivity index is 2.30. The fourth-order valence-corrected chi connectivity index (χ4v) is 1.08. The van der Waals surface area contributed by atoms with Gasteiger partial charge < -0.3 is 10.1 Å². The third-order valence-corrected chi connectivity index (χ3v) is 1.75. The largest absolute Gasteiger partial charge is 0.465 e. The van der Waals surface area contributed by atoms with Gasteiger partial charge in [0, 0.05) is 12.6 Å². The Morgan fingerprint density at radius 2 is 2.33 bits per heavy atom. The minimum absolute atomic E-state index is 0.226. The van der Waals surface area contributed by atoms with Gasteiger partial charge in [0.25, 0.3) is 5.91 Å². The van der Waals surface area contributed by atoms with E-state index in [0.717, 1.165) is 4.90 Å². The molecule has 0 radical (unpaired) electrons. The highest BCUT2D eigenvalue weighted by Crippen LogP contribution is 2.00. The smallest absolute Gasteiger partial charge is 0.325 e. The summed E-state index contributed by atoms with van der Waals surface area (Å²) in [5.41, 5.74) is 0. The molecule has 0 saturated heterocycles. The third-order valence-electron chi connectivity index (χ3n) is 1.75. The van der Waals surface area contributed by atoms with Crippen molar-refractivity contribution in [2.45, 2.75) is 6.92 Å². The maximum Gasteiger partial charge on any atom is 0.325 e. The standard InChI is InChI=1S/C9H12N2O4/c1-2-15-8(13)6-10-9(14)11-5-3-4-7(11)12/h3-4H,2,5-6H2,1H3,(H,10,14). The number of amides is 3. The summed E-state index contributed by atoms with van der Waals surface area (Å²) in [6.07, 6.45) is 2.89. The Kier molecular flexibility index (Phi) is 3.84. The van der Waals surface area contributed by atoms with Crippen LogP contribution in [-0.4, -0.2) is 42.5 Å². The summed E-state index contributed by atoms with van der Waals surface area (Å²) in [6.45, 7) is 1.95. The SMILES string of the molecule is CCOC(=O)CNC(=O)N1CC=CC1=O. The molecule has 15 heavy (non-hydrogen) atoms. The van der Waals surface area contributed by atoms with E-state index in [-0.39, 0.29) is 25.6 Å². The van der Waals surface area contributed by atoms with E-state index in [1.165, 1.54) is 6.08 Å². The van der Waals surface area contributed by atoms with Crippen LogP contribution in [-0.2, 0) is 14.3 Å². The van der Waals surface area contributed by atoms with Crippen LogP contribution < -0.4 is 5.32 Å². The van der Waals surface area contributed by atoms with Crippen LogP contribution in [0.15, 0.2) is 12.2 Å². The molecule has 0 aliphatic carbocycles. The van der Waals surface area contributed by atoms with Crippen molar-refractivity contribution < 1.29 is 19.1 Å². The molecule has 0 spiro atoms. The maximum atomic E-state index is 11.3. The van der Waals surface area contributed by atoms with E-state index < -0.39 is 12.0 Å². The molecule has 0 aromatic heterocycles. The molecule has 0 unspecified atom stereocenters. The number of nitrogens with zero attached hydrogens (tertiary/aromatic N) is 1. The highest BCUT2D eigenvalue weighted by Gasteiger charge is 2.22. The number of nitrogens with one attached hydrogen (secondary N) is 1. The Bertz CT molecular complexity index is 311. The van der Waals surface area contributed by atoms with Crippen LogP contribution in [0, 0.1) is 0 Å². The van der Waals surface area contributed by atoms with Gasteiger partial charge in [0.15, 0.2) is 0 Å². The lowest BCUT2D eigenvalue weighted by Crippen LogP contribution is -2.43. The summed E-state index contributed by atoms with van der Waals surface area (Å²) >= 11 is 0. The molecular formula is C9H12N2O4. The summed E-state index contributed by atoms with van der Waals surface area (Å²) in [5.74, 6) is -0.901. The molecule has 0 saturated carbocycles. The molecule has 0 atom stereocenters. The average molecular weight is 212 g/mol. The second-order valence-corrected chi connectivity index (χ2v) is 2.81. The lowest BCUT2D eigenvalue weighted by molar-refractivity contribution is -0.142. The number of carbonyl (C=O) groups is 3. The molecule has 3 amide bonds. The molecule has 0 fully saturated rings. The fraction of sp³-hybridized carbons (Fsp3) is 0.444. The van der Waals surface area contributed by atoms with E-state index >= 15 is 0 Å². The number of imide groups is 1. The first-order chi connectivity index (χ1) is 7.15. The van der Waals surface area contributed by atoms with E-state index in [0.29, 0.717) is 0 Å². The number of esters is 1. The number of hydrogen-bond donors (Lipinski definition) is 1. The van der Waals surface area contributed by atoms with Crippen molar-refractivity contribution in [3.05, 3.63) is 12.2 Å². The lowest BCUT2D eigenvalue weighted by Gasteiger charge is -2.13. The molecule has 0 bridgehead atoms. The molecule has 1 aliphatic rings. The van der Waals surface area contributed by atoms with E-state index in [1.807, 2.05) is 0 Å². The van der Waals surface area contributed by atoms with Crippen molar-refractivity contribution >= 4 is 17.9 Å². The molecule has 1 N–H and O–H groups in total. The minimum Gasteiger partial charge on any atom is -0.465 e. The van der Waals surface area contributed by atoms with Gasteiger partial charge in [-0.25, -0.2) is 4.79 Å². The van der Waals surface area contributed by atoms with Gasteiger partial charge in [-0.3, -0.25) is 14.5 Å². The van der Waals surface area contributed by atoms with Gasteiger partial charge in [-0.05, 0) is 6.92 Å². The molecule has 6 heteroatoms. The van der Waals surface area contributed by atoms with E-state index in [4.69, 9.17) is 0 Å². The topological polar surface area (TPSA) is 75.7 Å². The molecule has 1 aliphatic heterocycles. The summed E-state index contributed by atoms with van der Waals surface area (Å²) in [4.78, 5) is 34.2. The molecular weight excluding hydrogens is 200 g/mol. The van der Waals surface area contributed by atoms with Crippen LogP contribution in [0.2, 0.25) is 0 Å². The number of ether oxygens (including phenoxy) is 1.